The molecular weight excluding hydrogens is 268 g/mol. The van der Waals surface area contributed by atoms with Crippen molar-refractivity contribution in [3.8, 4) is 18.9 Å². The molecule has 0 radical (unpaired) electrons. The van der Waals surface area contributed by atoms with Gasteiger partial charge in [0, 0.05) is 6.54 Å². The molecule has 22 heavy (non-hydrogen) atoms. The minimum absolute atomic E-state index is 0.317. The minimum atomic E-state index is -0.550. The average Bonchev–Trinajstić information content (AvgIpc) is 3.15. The van der Waals surface area contributed by atoms with Crippen LogP contribution in [-0.2, 0) is 5.41 Å². The van der Waals surface area contributed by atoms with Crippen LogP contribution in [0, 0.1) is 30.1 Å². The molecule has 2 heteroatoms. The molecule has 110 valence electrons. The molecule has 1 aliphatic heterocycles. The van der Waals surface area contributed by atoms with Crippen molar-refractivity contribution in [3.63, 3.8) is 0 Å². The van der Waals surface area contributed by atoms with Gasteiger partial charge in [0.2, 0.25) is 0 Å². The molecule has 0 bridgehead atoms. The molecule has 2 aromatic rings. The lowest BCUT2D eigenvalue weighted by Crippen LogP contribution is -2.36. The molecule has 0 aliphatic carbocycles. The van der Waals surface area contributed by atoms with Crippen LogP contribution in [0.3, 0.4) is 0 Å². The summed E-state index contributed by atoms with van der Waals surface area (Å²) >= 11 is 0. The van der Waals surface area contributed by atoms with Crippen LogP contribution in [0.4, 0.5) is 0 Å². The summed E-state index contributed by atoms with van der Waals surface area (Å²) in [5.41, 5.74) is 1.65. The first-order valence-electron chi connectivity index (χ1n) is 7.44. The summed E-state index contributed by atoms with van der Waals surface area (Å²) in [5, 5.41) is 13.5. The van der Waals surface area contributed by atoms with Gasteiger partial charge >= 0.3 is 0 Å². The third-order valence-corrected chi connectivity index (χ3v) is 4.31. The molecule has 0 spiro atoms. The standard InChI is InChI=1S/C18H18N2.C2H2/c19-14-18(17-11-12-20-13-17,15-7-3-1-4-8-15)16-9-5-2-6-10-16;1-2/h1-10,17,20H,11-13H2;1-2H. The molecule has 0 saturated carbocycles. The largest absolute Gasteiger partial charge is 0.316 e. The Morgan fingerprint density at radius 2 is 1.45 bits per heavy atom. The number of nitrogens with zero attached hydrogens (tertiary/aromatic N) is 1. The third-order valence-electron chi connectivity index (χ3n) is 4.31. The molecule has 2 aromatic carbocycles. The van der Waals surface area contributed by atoms with E-state index in [1.807, 2.05) is 36.4 Å². The van der Waals surface area contributed by atoms with Crippen molar-refractivity contribution < 1.29 is 0 Å². The van der Waals surface area contributed by atoms with Crippen LogP contribution in [0.5, 0.6) is 0 Å². The van der Waals surface area contributed by atoms with E-state index in [4.69, 9.17) is 0 Å². The summed E-state index contributed by atoms with van der Waals surface area (Å²) < 4.78 is 0. The Morgan fingerprint density at radius 1 is 0.955 bits per heavy atom. The number of nitrogens with one attached hydrogen (secondary N) is 1. The summed E-state index contributed by atoms with van der Waals surface area (Å²) in [6, 6.07) is 23.1. The van der Waals surface area contributed by atoms with Crippen molar-refractivity contribution in [2.45, 2.75) is 11.8 Å². The van der Waals surface area contributed by atoms with Gasteiger partial charge < -0.3 is 5.32 Å². The lowest BCUT2D eigenvalue weighted by atomic mass is 9.66. The zero-order valence-corrected chi connectivity index (χ0v) is 12.6. The topological polar surface area (TPSA) is 35.8 Å². The molecule has 1 aliphatic rings. The lowest BCUT2D eigenvalue weighted by molar-refractivity contribution is 0.425. The van der Waals surface area contributed by atoms with Crippen molar-refractivity contribution >= 4 is 0 Å². The Kier molecular flexibility index (Phi) is 5.37. The normalized spacial score (nSPS) is 17.0. The van der Waals surface area contributed by atoms with E-state index >= 15 is 0 Å². The zero-order chi connectivity index (χ0) is 15.8. The van der Waals surface area contributed by atoms with Crippen LogP contribution in [-0.4, -0.2) is 13.1 Å². The van der Waals surface area contributed by atoms with Crippen LogP contribution in [0.2, 0.25) is 0 Å². The number of hydrogen-bond acceptors (Lipinski definition) is 2. The van der Waals surface area contributed by atoms with E-state index in [9.17, 15) is 5.26 Å². The maximum absolute atomic E-state index is 10.1. The van der Waals surface area contributed by atoms with E-state index in [1.54, 1.807) is 0 Å². The fraction of sp³-hybridized carbons (Fsp3) is 0.250. The van der Waals surface area contributed by atoms with E-state index in [0.29, 0.717) is 5.92 Å². The highest BCUT2D eigenvalue weighted by molar-refractivity contribution is 5.47. The van der Waals surface area contributed by atoms with Crippen LogP contribution in [0.25, 0.3) is 0 Å². The number of nitriles is 1. The van der Waals surface area contributed by atoms with Gasteiger partial charge in [-0.05, 0) is 30.0 Å². The lowest BCUT2D eigenvalue weighted by Gasteiger charge is -2.33. The Balaban J connectivity index is 0.000000847. The smallest absolute Gasteiger partial charge is 0.111 e. The molecule has 0 amide bonds. The SMILES string of the molecule is C#C.N#CC(c1ccccc1)(c1ccccc1)C1CCNC1. The Labute approximate surface area is 132 Å². The first-order valence-corrected chi connectivity index (χ1v) is 7.44. The van der Waals surface area contributed by atoms with E-state index in [0.717, 1.165) is 30.6 Å². The average molecular weight is 288 g/mol. The number of rotatable bonds is 3. The van der Waals surface area contributed by atoms with Gasteiger partial charge in [0.1, 0.15) is 5.41 Å². The minimum Gasteiger partial charge on any atom is -0.316 e. The van der Waals surface area contributed by atoms with Crippen LogP contribution in [0.15, 0.2) is 60.7 Å². The second kappa shape index (κ2) is 7.46. The summed E-state index contributed by atoms with van der Waals surface area (Å²) in [6.45, 7) is 1.89. The number of hydrogen-bond donors (Lipinski definition) is 1. The highest BCUT2D eigenvalue weighted by Crippen LogP contribution is 2.41. The molecule has 1 heterocycles. The summed E-state index contributed by atoms with van der Waals surface area (Å²) in [6.07, 6.45) is 9.04. The second-order valence-electron chi connectivity index (χ2n) is 5.34. The monoisotopic (exact) mass is 288 g/mol. The maximum atomic E-state index is 10.1. The first kappa shape index (κ1) is 15.8. The van der Waals surface area contributed by atoms with E-state index < -0.39 is 5.41 Å². The molecule has 3 rings (SSSR count). The maximum Gasteiger partial charge on any atom is 0.111 e. The number of benzene rings is 2. The molecule has 1 saturated heterocycles. The number of terminal acetylenes is 1. The van der Waals surface area contributed by atoms with Crippen molar-refractivity contribution in [1.82, 2.24) is 5.32 Å². The Bertz CT molecular complexity index is 592. The van der Waals surface area contributed by atoms with E-state index in [-0.39, 0.29) is 0 Å². The van der Waals surface area contributed by atoms with Gasteiger partial charge in [-0.3, -0.25) is 0 Å². The summed E-state index contributed by atoms with van der Waals surface area (Å²) in [7, 11) is 0. The van der Waals surface area contributed by atoms with Crippen molar-refractivity contribution in [2.75, 3.05) is 13.1 Å². The summed E-state index contributed by atoms with van der Waals surface area (Å²) in [4.78, 5) is 0. The van der Waals surface area contributed by atoms with E-state index in [2.05, 4.69) is 48.5 Å². The van der Waals surface area contributed by atoms with Gasteiger partial charge in [0.15, 0.2) is 0 Å². The van der Waals surface area contributed by atoms with Gasteiger partial charge in [-0.1, -0.05) is 60.7 Å². The van der Waals surface area contributed by atoms with Crippen molar-refractivity contribution in [3.05, 3.63) is 71.8 Å². The first-order chi connectivity index (χ1) is 10.9. The van der Waals surface area contributed by atoms with Crippen LogP contribution < -0.4 is 5.32 Å². The quantitative estimate of drug-likeness (QED) is 0.879. The van der Waals surface area contributed by atoms with E-state index in [1.165, 1.54) is 0 Å². The van der Waals surface area contributed by atoms with Gasteiger partial charge in [0.05, 0.1) is 6.07 Å². The fourth-order valence-electron chi connectivity index (χ4n) is 3.28. The zero-order valence-electron chi connectivity index (χ0n) is 12.6. The molecule has 1 atom stereocenters. The highest BCUT2D eigenvalue weighted by atomic mass is 14.9. The molecule has 1 N–H and O–H groups in total. The Hall–Kier alpha value is -2.55. The molecule has 2 nitrogen and oxygen atoms in total. The third kappa shape index (κ3) is 2.75. The molecular formula is C20H20N2. The molecule has 1 fully saturated rings. The predicted molar refractivity (Wildman–Crippen MR) is 90.1 cm³/mol. The van der Waals surface area contributed by atoms with Crippen LogP contribution in [0.1, 0.15) is 17.5 Å². The predicted octanol–water partition coefficient (Wildman–Crippen LogP) is 3.36. The van der Waals surface area contributed by atoms with Gasteiger partial charge in [0.25, 0.3) is 0 Å². The fourth-order valence-corrected chi connectivity index (χ4v) is 3.28. The van der Waals surface area contributed by atoms with Gasteiger partial charge in [-0.2, -0.15) is 5.26 Å². The molecule has 0 aromatic heterocycles. The van der Waals surface area contributed by atoms with Crippen LogP contribution >= 0.6 is 0 Å². The van der Waals surface area contributed by atoms with Crippen molar-refractivity contribution in [1.29, 1.82) is 5.26 Å². The van der Waals surface area contributed by atoms with Gasteiger partial charge in [-0.25, -0.2) is 0 Å². The highest BCUT2D eigenvalue weighted by Gasteiger charge is 2.43. The van der Waals surface area contributed by atoms with Gasteiger partial charge in [-0.15, -0.1) is 12.8 Å². The summed E-state index contributed by atoms with van der Waals surface area (Å²) in [5.74, 6) is 0.317. The second-order valence-corrected chi connectivity index (χ2v) is 5.34. The Morgan fingerprint density at radius 3 is 1.82 bits per heavy atom. The van der Waals surface area contributed by atoms with Crippen molar-refractivity contribution in [2.24, 2.45) is 5.92 Å². The molecule has 1 unspecified atom stereocenters.